The van der Waals surface area contributed by atoms with Gasteiger partial charge in [0, 0.05) is 16.2 Å². The first kappa shape index (κ1) is 11.2. The van der Waals surface area contributed by atoms with E-state index < -0.39 is 0 Å². The molecule has 0 atom stereocenters. The number of nitrogens with one attached hydrogen (secondary N) is 1. The molecule has 0 spiro atoms. The van der Waals surface area contributed by atoms with Crippen LogP contribution in [0.3, 0.4) is 0 Å². The van der Waals surface area contributed by atoms with Gasteiger partial charge in [0.2, 0.25) is 0 Å². The maximum absolute atomic E-state index is 11.3. The molecule has 0 aliphatic carbocycles. The van der Waals surface area contributed by atoms with Gasteiger partial charge in [0.15, 0.2) is 0 Å². The lowest BCUT2D eigenvalue weighted by Gasteiger charge is -2.10. The molecule has 3 nitrogen and oxygen atoms in total. The highest BCUT2D eigenvalue weighted by Crippen LogP contribution is 2.19. The zero-order valence-corrected chi connectivity index (χ0v) is 10.8. The number of halogens is 1. The normalized spacial score (nSPS) is 10.7. The Morgan fingerprint density at radius 3 is 2.75 bits per heavy atom. The highest BCUT2D eigenvalue weighted by Gasteiger charge is 2.07. The molecule has 1 N–H and O–H groups in total. The third-order valence-electron chi connectivity index (χ3n) is 2.57. The lowest BCUT2D eigenvalue weighted by Crippen LogP contribution is -2.06. The molecule has 0 bridgehead atoms. The predicted octanol–water partition coefficient (Wildman–Crippen LogP) is 2.80. The molecule has 2 rings (SSSR count). The fraction of sp³-hybridized carbons (Fsp3) is 0.250. The third-order valence-corrected chi connectivity index (χ3v) is 3.06. The van der Waals surface area contributed by atoms with E-state index in [1.54, 1.807) is 6.07 Å². The van der Waals surface area contributed by atoms with Gasteiger partial charge >= 0.3 is 0 Å². The van der Waals surface area contributed by atoms with Gasteiger partial charge in [-0.25, -0.2) is 0 Å². The van der Waals surface area contributed by atoms with Crippen molar-refractivity contribution in [3.63, 3.8) is 0 Å². The molecule has 0 unspecified atom stereocenters. The quantitative estimate of drug-likeness (QED) is 0.903. The highest BCUT2D eigenvalue weighted by molar-refractivity contribution is 9.10. The molecule has 1 aromatic carbocycles. The summed E-state index contributed by atoms with van der Waals surface area (Å²) < 4.78 is 2.89. The molecule has 0 aliphatic heterocycles. The molecule has 4 heteroatoms. The summed E-state index contributed by atoms with van der Waals surface area (Å²) in [5, 5.41) is 2.82. The van der Waals surface area contributed by atoms with Crippen LogP contribution in [0.15, 0.2) is 33.5 Å². The second kappa shape index (κ2) is 4.29. The highest BCUT2D eigenvalue weighted by atomic mass is 79.9. The van der Waals surface area contributed by atoms with E-state index in [0.717, 1.165) is 27.8 Å². The van der Waals surface area contributed by atoms with Gasteiger partial charge in [-0.2, -0.15) is 0 Å². The molecular weight excluding hydrogens is 268 g/mol. The maximum Gasteiger partial charge on any atom is 0.264 e. The van der Waals surface area contributed by atoms with E-state index in [2.05, 4.69) is 21.0 Å². The third kappa shape index (κ3) is 1.97. The molecule has 0 fully saturated rings. The lowest BCUT2D eigenvalue weighted by atomic mass is 10.2. The molecule has 0 saturated heterocycles. The lowest BCUT2D eigenvalue weighted by molar-refractivity contribution is 0.799. The molecule has 84 valence electrons. The van der Waals surface area contributed by atoms with Gasteiger partial charge in [0.05, 0.1) is 5.69 Å². The summed E-state index contributed by atoms with van der Waals surface area (Å²) in [6.07, 6.45) is 0.828. The van der Waals surface area contributed by atoms with Crippen LogP contribution in [0.5, 0.6) is 0 Å². The Hall–Kier alpha value is -1.29. The number of H-pyrrole nitrogens is 1. The summed E-state index contributed by atoms with van der Waals surface area (Å²) in [7, 11) is 0. The fourth-order valence-electron chi connectivity index (χ4n) is 1.78. The first-order chi connectivity index (χ1) is 7.61. The smallest absolute Gasteiger partial charge is 0.264 e. The van der Waals surface area contributed by atoms with Gasteiger partial charge < -0.3 is 0 Å². The minimum Gasteiger partial charge on any atom is -0.268 e. The minimum absolute atomic E-state index is 0.0563. The largest absolute Gasteiger partial charge is 0.268 e. The number of hydrogen-bond acceptors (Lipinski definition) is 1. The van der Waals surface area contributed by atoms with Crippen LogP contribution in [-0.4, -0.2) is 9.78 Å². The Labute approximate surface area is 102 Å². The van der Waals surface area contributed by atoms with Crippen LogP contribution < -0.4 is 5.56 Å². The van der Waals surface area contributed by atoms with E-state index in [1.807, 2.05) is 36.7 Å². The van der Waals surface area contributed by atoms with Crippen molar-refractivity contribution < 1.29 is 0 Å². The van der Waals surface area contributed by atoms with Crippen LogP contribution in [0.1, 0.15) is 18.2 Å². The SMILES string of the molecule is CCc1cc(=O)[nH]n1-c1ccc(Br)cc1C. The Kier molecular flexibility index (Phi) is 3.01. The van der Waals surface area contributed by atoms with Crippen LogP contribution in [0.2, 0.25) is 0 Å². The first-order valence-electron chi connectivity index (χ1n) is 5.19. The van der Waals surface area contributed by atoms with Gasteiger partial charge in [-0.1, -0.05) is 22.9 Å². The minimum atomic E-state index is -0.0563. The maximum atomic E-state index is 11.3. The van der Waals surface area contributed by atoms with Crippen molar-refractivity contribution in [1.29, 1.82) is 0 Å². The Morgan fingerprint density at radius 2 is 2.12 bits per heavy atom. The summed E-state index contributed by atoms with van der Waals surface area (Å²) in [6, 6.07) is 7.64. The van der Waals surface area contributed by atoms with Crippen molar-refractivity contribution in [2.24, 2.45) is 0 Å². The summed E-state index contributed by atoms with van der Waals surface area (Å²) in [5.41, 5.74) is 3.08. The molecular formula is C12H13BrN2O. The van der Waals surface area contributed by atoms with Crippen molar-refractivity contribution >= 4 is 15.9 Å². The van der Waals surface area contributed by atoms with E-state index in [1.165, 1.54) is 0 Å². The molecule has 16 heavy (non-hydrogen) atoms. The summed E-state index contributed by atoms with van der Waals surface area (Å²) in [5.74, 6) is 0. The van der Waals surface area contributed by atoms with E-state index in [4.69, 9.17) is 0 Å². The van der Waals surface area contributed by atoms with Crippen LogP contribution in [0.25, 0.3) is 5.69 Å². The van der Waals surface area contributed by atoms with Crippen molar-refractivity contribution in [3.8, 4) is 5.69 Å². The van der Waals surface area contributed by atoms with Crippen LogP contribution >= 0.6 is 15.9 Å². The molecule has 1 heterocycles. The average Bonchev–Trinajstić information content (AvgIpc) is 2.59. The molecule has 0 radical (unpaired) electrons. The van der Waals surface area contributed by atoms with Crippen molar-refractivity contribution in [1.82, 2.24) is 9.78 Å². The Morgan fingerprint density at radius 1 is 1.38 bits per heavy atom. The zero-order valence-electron chi connectivity index (χ0n) is 9.25. The molecule has 2 aromatic rings. The number of benzene rings is 1. The number of aromatic nitrogens is 2. The number of aryl methyl sites for hydroxylation is 2. The van der Waals surface area contributed by atoms with Crippen LogP contribution in [0, 0.1) is 6.92 Å². The topological polar surface area (TPSA) is 37.8 Å². The van der Waals surface area contributed by atoms with Crippen molar-refractivity contribution in [3.05, 3.63) is 50.3 Å². The fourth-order valence-corrected chi connectivity index (χ4v) is 2.25. The Bertz CT molecular complexity index is 569. The molecule has 0 aliphatic rings. The second-order valence-corrected chi connectivity index (χ2v) is 4.65. The number of nitrogens with zero attached hydrogens (tertiary/aromatic N) is 1. The standard InChI is InChI=1S/C12H13BrN2O/c1-3-10-7-12(16)14-15(10)11-5-4-9(13)6-8(11)2/h4-7H,3H2,1-2H3,(H,14,16). The number of aromatic amines is 1. The molecule has 1 aromatic heterocycles. The zero-order chi connectivity index (χ0) is 11.7. The Balaban J connectivity index is 2.62. The second-order valence-electron chi connectivity index (χ2n) is 3.73. The summed E-state index contributed by atoms with van der Waals surface area (Å²) in [6.45, 7) is 4.06. The monoisotopic (exact) mass is 280 g/mol. The van der Waals surface area contributed by atoms with Gasteiger partial charge in [-0.3, -0.25) is 14.6 Å². The van der Waals surface area contributed by atoms with Crippen LogP contribution in [0.4, 0.5) is 0 Å². The molecule has 0 saturated carbocycles. The predicted molar refractivity (Wildman–Crippen MR) is 68.2 cm³/mol. The summed E-state index contributed by atoms with van der Waals surface area (Å²) >= 11 is 3.43. The van der Waals surface area contributed by atoms with Crippen molar-refractivity contribution in [2.75, 3.05) is 0 Å². The number of hydrogen-bond donors (Lipinski definition) is 1. The van der Waals surface area contributed by atoms with Gasteiger partial charge in [0.25, 0.3) is 5.56 Å². The molecule has 0 amide bonds. The van der Waals surface area contributed by atoms with E-state index in [0.29, 0.717) is 0 Å². The summed E-state index contributed by atoms with van der Waals surface area (Å²) in [4.78, 5) is 11.3. The first-order valence-corrected chi connectivity index (χ1v) is 5.98. The van der Waals surface area contributed by atoms with Gasteiger partial charge in [0.1, 0.15) is 0 Å². The van der Waals surface area contributed by atoms with Gasteiger partial charge in [-0.15, -0.1) is 0 Å². The van der Waals surface area contributed by atoms with E-state index in [-0.39, 0.29) is 5.56 Å². The van der Waals surface area contributed by atoms with E-state index in [9.17, 15) is 4.79 Å². The van der Waals surface area contributed by atoms with Crippen molar-refractivity contribution in [2.45, 2.75) is 20.3 Å². The number of rotatable bonds is 2. The van der Waals surface area contributed by atoms with E-state index >= 15 is 0 Å². The average molecular weight is 281 g/mol. The van der Waals surface area contributed by atoms with Gasteiger partial charge in [-0.05, 0) is 37.1 Å². The van der Waals surface area contributed by atoms with Crippen LogP contribution in [-0.2, 0) is 6.42 Å².